The van der Waals surface area contributed by atoms with Crippen LogP contribution in [0.2, 0.25) is 0 Å². The van der Waals surface area contributed by atoms with Crippen molar-refractivity contribution >= 4 is 11.8 Å². The molecule has 0 spiro atoms. The largest absolute Gasteiger partial charge is 0.356 e. The number of carbonyl (C=O) groups excluding carboxylic acids is 2. The summed E-state index contributed by atoms with van der Waals surface area (Å²) < 4.78 is 19.4. The Morgan fingerprint density at radius 3 is 2.86 bits per heavy atom. The molecule has 2 rings (SSSR count). The van der Waals surface area contributed by atoms with E-state index in [-0.39, 0.29) is 24.0 Å². The maximum absolute atomic E-state index is 14.0. The average Bonchev–Trinajstić information content (AvgIpc) is 2.48. The SMILES string of the molecule is CCCNC(=O)[C@H]1OCC(=O)N(C)[C@H]1c1ccccc1F. The number of hydrogen-bond acceptors (Lipinski definition) is 3. The van der Waals surface area contributed by atoms with E-state index in [0.29, 0.717) is 6.54 Å². The minimum atomic E-state index is -0.906. The molecule has 0 radical (unpaired) electrons. The zero-order valence-electron chi connectivity index (χ0n) is 12.1. The van der Waals surface area contributed by atoms with Gasteiger partial charge in [-0.25, -0.2) is 4.39 Å². The lowest BCUT2D eigenvalue weighted by molar-refractivity contribution is -0.162. The van der Waals surface area contributed by atoms with Crippen LogP contribution >= 0.6 is 0 Å². The monoisotopic (exact) mass is 294 g/mol. The van der Waals surface area contributed by atoms with E-state index in [9.17, 15) is 14.0 Å². The zero-order valence-corrected chi connectivity index (χ0v) is 12.1. The van der Waals surface area contributed by atoms with Gasteiger partial charge in [0.05, 0.1) is 6.04 Å². The van der Waals surface area contributed by atoms with Crippen molar-refractivity contribution in [1.82, 2.24) is 10.2 Å². The Morgan fingerprint density at radius 1 is 1.48 bits per heavy atom. The van der Waals surface area contributed by atoms with E-state index >= 15 is 0 Å². The number of benzene rings is 1. The van der Waals surface area contributed by atoms with Crippen molar-refractivity contribution in [3.05, 3.63) is 35.6 Å². The van der Waals surface area contributed by atoms with Crippen LogP contribution in [0.4, 0.5) is 4.39 Å². The van der Waals surface area contributed by atoms with Gasteiger partial charge >= 0.3 is 0 Å². The summed E-state index contributed by atoms with van der Waals surface area (Å²) in [6.45, 7) is 2.28. The predicted octanol–water partition coefficient (Wildman–Crippen LogP) is 1.25. The molecule has 2 atom stereocenters. The van der Waals surface area contributed by atoms with Crippen LogP contribution in [0.3, 0.4) is 0 Å². The third kappa shape index (κ3) is 3.21. The summed E-state index contributed by atoms with van der Waals surface area (Å²) in [7, 11) is 1.56. The molecule has 2 amide bonds. The smallest absolute Gasteiger partial charge is 0.251 e. The highest BCUT2D eigenvalue weighted by Crippen LogP contribution is 2.30. The molecule has 6 heteroatoms. The van der Waals surface area contributed by atoms with Crippen LogP contribution in [0.5, 0.6) is 0 Å². The van der Waals surface area contributed by atoms with E-state index in [0.717, 1.165) is 6.42 Å². The molecule has 1 aromatic carbocycles. The van der Waals surface area contributed by atoms with Crippen molar-refractivity contribution in [3.8, 4) is 0 Å². The number of morpholine rings is 1. The molecule has 0 saturated carbocycles. The molecular weight excluding hydrogens is 275 g/mol. The first kappa shape index (κ1) is 15.4. The number of ether oxygens (including phenoxy) is 1. The van der Waals surface area contributed by atoms with Crippen LogP contribution in [0.25, 0.3) is 0 Å². The molecule has 1 fully saturated rings. The van der Waals surface area contributed by atoms with Gasteiger partial charge in [-0.15, -0.1) is 0 Å². The van der Waals surface area contributed by atoms with Gasteiger partial charge in [0.25, 0.3) is 5.91 Å². The normalized spacial score (nSPS) is 22.2. The molecule has 0 bridgehead atoms. The molecule has 5 nitrogen and oxygen atoms in total. The summed E-state index contributed by atoms with van der Waals surface area (Å²) in [6.07, 6.45) is -0.117. The lowest BCUT2D eigenvalue weighted by Crippen LogP contribution is -2.53. The molecule has 1 aliphatic heterocycles. The lowest BCUT2D eigenvalue weighted by atomic mass is 9.97. The van der Waals surface area contributed by atoms with Crippen LogP contribution < -0.4 is 5.32 Å². The zero-order chi connectivity index (χ0) is 15.4. The summed E-state index contributed by atoms with van der Waals surface area (Å²) in [5, 5.41) is 2.73. The summed E-state index contributed by atoms with van der Waals surface area (Å²) in [6, 6.07) is 5.36. The van der Waals surface area contributed by atoms with Gasteiger partial charge in [-0.2, -0.15) is 0 Å². The Balaban J connectivity index is 2.32. The van der Waals surface area contributed by atoms with Crippen LogP contribution in [-0.4, -0.2) is 43.0 Å². The minimum Gasteiger partial charge on any atom is -0.356 e. The second-order valence-corrected chi connectivity index (χ2v) is 4.99. The average molecular weight is 294 g/mol. The number of nitrogens with one attached hydrogen (secondary N) is 1. The Hall–Kier alpha value is -1.95. The van der Waals surface area contributed by atoms with Crippen LogP contribution in [0.1, 0.15) is 24.9 Å². The quantitative estimate of drug-likeness (QED) is 0.909. The molecule has 1 aromatic rings. The number of rotatable bonds is 4. The highest BCUT2D eigenvalue weighted by Gasteiger charge is 2.40. The van der Waals surface area contributed by atoms with Crippen molar-refractivity contribution in [1.29, 1.82) is 0 Å². The van der Waals surface area contributed by atoms with E-state index in [4.69, 9.17) is 4.74 Å². The molecule has 21 heavy (non-hydrogen) atoms. The van der Waals surface area contributed by atoms with E-state index in [1.165, 1.54) is 11.0 Å². The summed E-state index contributed by atoms with van der Waals surface area (Å²) in [5.74, 6) is -1.06. The first-order chi connectivity index (χ1) is 10.1. The maximum atomic E-state index is 14.0. The van der Waals surface area contributed by atoms with Gasteiger partial charge in [-0.1, -0.05) is 25.1 Å². The number of carbonyl (C=O) groups is 2. The lowest BCUT2D eigenvalue weighted by Gasteiger charge is -2.38. The number of halogens is 1. The molecule has 1 saturated heterocycles. The fourth-order valence-corrected chi connectivity index (χ4v) is 2.37. The third-order valence-corrected chi connectivity index (χ3v) is 3.52. The third-order valence-electron chi connectivity index (χ3n) is 3.52. The van der Waals surface area contributed by atoms with E-state index < -0.39 is 18.0 Å². The van der Waals surface area contributed by atoms with Crippen molar-refractivity contribution < 1.29 is 18.7 Å². The molecule has 1 N–H and O–H groups in total. The fraction of sp³-hybridized carbons (Fsp3) is 0.467. The van der Waals surface area contributed by atoms with Gasteiger partial charge in [0.2, 0.25) is 5.91 Å². The molecular formula is C15H19FN2O3. The second-order valence-electron chi connectivity index (χ2n) is 4.99. The van der Waals surface area contributed by atoms with Gasteiger partial charge in [-0.3, -0.25) is 9.59 Å². The van der Waals surface area contributed by atoms with E-state index in [1.807, 2.05) is 6.92 Å². The van der Waals surface area contributed by atoms with Crippen LogP contribution in [-0.2, 0) is 14.3 Å². The van der Waals surface area contributed by atoms with Crippen molar-refractivity contribution in [2.24, 2.45) is 0 Å². The highest BCUT2D eigenvalue weighted by molar-refractivity contribution is 5.86. The highest BCUT2D eigenvalue weighted by atomic mass is 19.1. The standard InChI is InChI=1S/C15H19FN2O3/c1-3-8-17-15(20)14-13(18(2)12(19)9-21-14)10-6-4-5-7-11(10)16/h4-7,13-14H,3,8-9H2,1-2H3,(H,17,20)/t13-,14-/m0/s1. The van der Waals surface area contributed by atoms with Gasteiger partial charge in [-0.05, 0) is 12.5 Å². The molecule has 1 heterocycles. The summed E-state index contributed by atoms with van der Waals surface area (Å²) in [5.41, 5.74) is 0.282. The summed E-state index contributed by atoms with van der Waals surface area (Å²) in [4.78, 5) is 25.4. The maximum Gasteiger partial charge on any atom is 0.251 e. The molecule has 0 aliphatic carbocycles. The Kier molecular flexibility index (Phi) is 4.90. The fourth-order valence-electron chi connectivity index (χ4n) is 2.37. The predicted molar refractivity (Wildman–Crippen MR) is 75.0 cm³/mol. The number of amides is 2. The number of likely N-dealkylation sites (N-methyl/N-ethyl adjacent to an activating group) is 1. The Morgan fingerprint density at radius 2 is 2.19 bits per heavy atom. The van der Waals surface area contributed by atoms with Gasteiger partial charge in [0.1, 0.15) is 12.4 Å². The molecule has 0 aromatic heterocycles. The second kappa shape index (κ2) is 6.67. The topological polar surface area (TPSA) is 58.6 Å². The summed E-state index contributed by atoms with van der Waals surface area (Å²) >= 11 is 0. The number of hydrogen-bond donors (Lipinski definition) is 1. The van der Waals surface area contributed by atoms with E-state index in [1.54, 1.807) is 25.2 Å². The van der Waals surface area contributed by atoms with Gasteiger partial charge < -0.3 is 15.0 Å². The molecule has 0 unspecified atom stereocenters. The first-order valence-electron chi connectivity index (χ1n) is 6.95. The van der Waals surface area contributed by atoms with Crippen molar-refractivity contribution in [2.75, 3.05) is 20.2 Å². The van der Waals surface area contributed by atoms with Gasteiger partial charge in [0.15, 0.2) is 6.10 Å². The molecule has 114 valence electrons. The first-order valence-corrected chi connectivity index (χ1v) is 6.95. The van der Waals surface area contributed by atoms with Crippen molar-refractivity contribution in [2.45, 2.75) is 25.5 Å². The van der Waals surface area contributed by atoms with Crippen molar-refractivity contribution in [3.63, 3.8) is 0 Å². The molecule has 1 aliphatic rings. The Labute approximate surface area is 123 Å². The number of nitrogens with zero attached hydrogens (tertiary/aromatic N) is 1. The van der Waals surface area contributed by atoms with Crippen LogP contribution in [0, 0.1) is 5.82 Å². The van der Waals surface area contributed by atoms with Gasteiger partial charge in [0, 0.05) is 19.2 Å². The van der Waals surface area contributed by atoms with Crippen LogP contribution in [0.15, 0.2) is 24.3 Å². The minimum absolute atomic E-state index is 0.175. The Bertz CT molecular complexity index is 535. The van der Waals surface area contributed by atoms with E-state index in [2.05, 4.69) is 5.32 Å².